The Bertz CT molecular complexity index is 817. The van der Waals surface area contributed by atoms with Crippen molar-refractivity contribution in [2.45, 2.75) is 19.4 Å². The van der Waals surface area contributed by atoms with Crippen LogP contribution in [0.25, 0.3) is 0 Å². The number of carbonyl (C=O) groups is 1. The van der Waals surface area contributed by atoms with Crippen molar-refractivity contribution < 1.29 is 9.53 Å². The predicted octanol–water partition coefficient (Wildman–Crippen LogP) is 3.60. The molecule has 2 rings (SSSR count). The van der Waals surface area contributed by atoms with E-state index in [4.69, 9.17) is 4.74 Å². The van der Waals surface area contributed by atoms with Gasteiger partial charge >= 0.3 is 0 Å². The number of nitrogens with one attached hydrogen (secondary N) is 3. The van der Waals surface area contributed by atoms with Crippen LogP contribution in [0, 0.1) is 0 Å². The minimum absolute atomic E-state index is 0. The van der Waals surface area contributed by atoms with E-state index in [-0.39, 0.29) is 36.0 Å². The summed E-state index contributed by atoms with van der Waals surface area (Å²) in [5.74, 6) is 1.45. The monoisotopic (exact) mass is 574 g/mol. The van der Waals surface area contributed by atoms with Gasteiger partial charge < -0.3 is 20.7 Å². The molecule has 0 fully saturated rings. The number of ether oxygens (including phenoxy) is 1. The van der Waals surface area contributed by atoms with Gasteiger partial charge in [-0.2, -0.15) is 0 Å². The molecule has 0 spiro atoms. The zero-order valence-corrected chi connectivity index (χ0v) is 20.8. The van der Waals surface area contributed by atoms with Crippen molar-refractivity contribution in [2.24, 2.45) is 4.99 Å². The average molecular weight is 575 g/mol. The molecule has 29 heavy (non-hydrogen) atoms. The van der Waals surface area contributed by atoms with Gasteiger partial charge in [-0.15, -0.1) is 24.0 Å². The zero-order valence-electron chi connectivity index (χ0n) is 16.9. The minimum atomic E-state index is -0.0775. The lowest BCUT2D eigenvalue weighted by Crippen LogP contribution is -2.42. The van der Waals surface area contributed by atoms with Crippen LogP contribution in [0.1, 0.15) is 22.8 Å². The van der Waals surface area contributed by atoms with Gasteiger partial charge in [-0.1, -0.05) is 24.3 Å². The molecular weight excluding hydrogens is 547 g/mol. The molecule has 0 aliphatic carbocycles. The summed E-state index contributed by atoms with van der Waals surface area (Å²) in [5.41, 5.74) is 1.76. The molecular formula is C21H28BrIN4O2. The molecule has 2 aromatic rings. The molecule has 1 unspecified atom stereocenters. The summed E-state index contributed by atoms with van der Waals surface area (Å²) in [6.45, 7) is 3.33. The van der Waals surface area contributed by atoms with Crippen LogP contribution < -0.4 is 20.7 Å². The van der Waals surface area contributed by atoms with Gasteiger partial charge in [-0.3, -0.25) is 9.79 Å². The third kappa shape index (κ3) is 8.61. The van der Waals surface area contributed by atoms with Crippen molar-refractivity contribution in [3.05, 3.63) is 64.1 Å². The molecule has 0 aliphatic rings. The first-order valence-corrected chi connectivity index (χ1v) is 9.99. The Morgan fingerprint density at radius 2 is 1.93 bits per heavy atom. The normalized spacial score (nSPS) is 11.8. The lowest BCUT2D eigenvalue weighted by Gasteiger charge is -2.18. The van der Waals surface area contributed by atoms with Crippen molar-refractivity contribution in [3.63, 3.8) is 0 Å². The van der Waals surface area contributed by atoms with Crippen molar-refractivity contribution >= 4 is 51.8 Å². The summed E-state index contributed by atoms with van der Waals surface area (Å²) in [7, 11) is 3.37. The molecule has 3 N–H and O–H groups in total. The second-order valence-corrected chi connectivity index (χ2v) is 7.12. The maximum atomic E-state index is 11.7. The van der Waals surface area contributed by atoms with Gasteiger partial charge in [0.2, 0.25) is 0 Å². The molecule has 0 heterocycles. The number of para-hydroxylation sites is 1. The number of halogens is 2. The van der Waals surface area contributed by atoms with Gasteiger partial charge in [0, 0.05) is 26.2 Å². The number of rotatable bonds is 8. The fourth-order valence-electron chi connectivity index (χ4n) is 2.60. The van der Waals surface area contributed by atoms with Gasteiger partial charge in [0.25, 0.3) is 5.91 Å². The van der Waals surface area contributed by atoms with E-state index in [2.05, 4.69) is 36.9 Å². The Labute approximate surface area is 198 Å². The molecule has 8 heteroatoms. The van der Waals surface area contributed by atoms with E-state index in [1.165, 1.54) is 0 Å². The highest BCUT2D eigenvalue weighted by Crippen LogP contribution is 2.24. The third-order valence-electron chi connectivity index (χ3n) is 4.07. The molecule has 6 nitrogen and oxygen atoms in total. The molecule has 1 atom stereocenters. The van der Waals surface area contributed by atoms with E-state index in [0.29, 0.717) is 24.6 Å². The van der Waals surface area contributed by atoms with Crippen molar-refractivity contribution in [1.29, 1.82) is 0 Å². The first-order valence-electron chi connectivity index (χ1n) is 9.20. The fraction of sp³-hybridized carbons (Fsp3) is 0.333. The average Bonchev–Trinajstić information content (AvgIpc) is 2.71. The number of hydrogen-bond acceptors (Lipinski definition) is 3. The number of amides is 1. The van der Waals surface area contributed by atoms with Gasteiger partial charge in [0.1, 0.15) is 11.9 Å². The lowest BCUT2D eigenvalue weighted by atomic mass is 10.1. The SMILES string of the molecule is CN=C(NCCc1cccc(C(=O)NC)c1)NCC(C)Oc1ccccc1Br.I. The topological polar surface area (TPSA) is 74.8 Å². The molecule has 0 saturated heterocycles. The van der Waals surface area contributed by atoms with E-state index >= 15 is 0 Å². The van der Waals surface area contributed by atoms with Crippen LogP contribution in [0.3, 0.4) is 0 Å². The minimum Gasteiger partial charge on any atom is -0.488 e. The highest BCUT2D eigenvalue weighted by molar-refractivity contribution is 14.0. The quantitative estimate of drug-likeness (QED) is 0.256. The standard InChI is InChI=1S/C21H27BrN4O2.HI/c1-15(28-19-10-5-4-9-18(19)22)14-26-21(24-3)25-12-11-16-7-6-8-17(13-16)20(27)23-2;/h4-10,13,15H,11-12,14H2,1-3H3,(H,23,27)(H2,24,25,26);1H. The molecule has 158 valence electrons. The smallest absolute Gasteiger partial charge is 0.251 e. The number of carbonyl (C=O) groups excluding carboxylic acids is 1. The molecule has 1 amide bonds. The van der Waals surface area contributed by atoms with Crippen LogP contribution in [0.5, 0.6) is 5.75 Å². The fourth-order valence-corrected chi connectivity index (χ4v) is 2.98. The molecule has 2 aromatic carbocycles. The van der Waals surface area contributed by atoms with Gasteiger partial charge in [-0.25, -0.2) is 0 Å². The van der Waals surface area contributed by atoms with Gasteiger partial charge in [0.15, 0.2) is 5.96 Å². The second kappa shape index (κ2) is 13.4. The number of benzene rings is 2. The van der Waals surface area contributed by atoms with Crippen LogP contribution in [0.4, 0.5) is 0 Å². The van der Waals surface area contributed by atoms with E-state index in [1.54, 1.807) is 14.1 Å². The maximum absolute atomic E-state index is 11.7. The third-order valence-corrected chi connectivity index (χ3v) is 4.72. The van der Waals surface area contributed by atoms with Crippen LogP contribution in [0.15, 0.2) is 58.0 Å². The number of nitrogens with zero attached hydrogens (tertiary/aromatic N) is 1. The van der Waals surface area contributed by atoms with Crippen molar-refractivity contribution in [3.8, 4) is 5.75 Å². The van der Waals surface area contributed by atoms with Gasteiger partial charge in [-0.05, 0) is 59.1 Å². The summed E-state index contributed by atoms with van der Waals surface area (Å²) in [6.07, 6.45) is 0.760. The zero-order chi connectivity index (χ0) is 20.4. The summed E-state index contributed by atoms with van der Waals surface area (Å²) < 4.78 is 6.86. The summed E-state index contributed by atoms with van der Waals surface area (Å²) in [6, 6.07) is 15.4. The first kappa shape index (κ1) is 25.2. The molecule has 0 saturated carbocycles. The van der Waals surface area contributed by atoms with Crippen molar-refractivity contribution in [1.82, 2.24) is 16.0 Å². The summed E-state index contributed by atoms with van der Waals surface area (Å²) in [4.78, 5) is 16.0. The van der Waals surface area contributed by atoms with E-state index in [0.717, 1.165) is 22.2 Å². The Kier molecular flexibility index (Phi) is 11.7. The summed E-state index contributed by atoms with van der Waals surface area (Å²) >= 11 is 3.49. The number of aliphatic imine (C=N–C) groups is 1. The highest BCUT2D eigenvalue weighted by Gasteiger charge is 2.08. The molecule has 0 aromatic heterocycles. The van der Waals surface area contributed by atoms with E-state index < -0.39 is 0 Å². The number of guanidine groups is 1. The largest absolute Gasteiger partial charge is 0.488 e. The maximum Gasteiger partial charge on any atom is 0.251 e. The second-order valence-electron chi connectivity index (χ2n) is 6.27. The van der Waals surface area contributed by atoms with Crippen LogP contribution in [0.2, 0.25) is 0 Å². The van der Waals surface area contributed by atoms with E-state index in [1.807, 2.05) is 55.5 Å². The van der Waals surface area contributed by atoms with Crippen LogP contribution in [-0.4, -0.2) is 45.2 Å². The Hall–Kier alpha value is -1.81. The lowest BCUT2D eigenvalue weighted by molar-refractivity contribution is 0.0963. The highest BCUT2D eigenvalue weighted by atomic mass is 127. The Morgan fingerprint density at radius 1 is 1.17 bits per heavy atom. The van der Waals surface area contributed by atoms with Crippen molar-refractivity contribution in [2.75, 3.05) is 27.2 Å². The predicted molar refractivity (Wildman–Crippen MR) is 133 cm³/mol. The summed E-state index contributed by atoms with van der Waals surface area (Å²) in [5, 5.41) is 9.19. The molecule has 0 bridgehead atoms. The van der Waals surface area contributed by atoms with Gasteiger partial charge in [0.05, 0.1) is 11.0 Å². The molecule has 0 aliphatic heterocycles. The number of hydrogen-bond donors (Lipinski definition) is 3. The van der Waals surface area contributed by atoms with E-state index in [9.17, 15) is 4.79 Å². The van der Waals surface area contributed by atoms with Crippen LogP contribution in [-0.2, 0) is 6.42 Å². The molecule has 0 radical (unpaired) electrons. The Morgan fingerprint density at radius 3 is 2.62 bits per heavy atom. The van der Waals surface area contributed by atoms with Crippen LogP contribution >= 0.6 is 39.9 Å². The Balaban J connectivity index is 0.00000420. The first-order chi connectivity index (χ1) is 13.5.